The molecule has 0 aliphatic rings. The third-order valence-corrected chi connectivity index (χ3v) is 2.72. The molecule has 0 atom stereocenters. The monoisotopic (exact) mass is 239 g/mol. The van der Waals surface area contributed by atoms with Gasteiger partial charge in [0, 0.05) is 26.5 Å². The molecule has 2 aromatic rings. The maximum atomic E-state index is 5.88. The highest BCUT2D eigenvalue weighted by atomic mass is 35.5. The van der Waals surface area contributed by atoms with E-state index in [0.29, 0.717) is 5.88 Å². The van der Waals surface area contributed by atoms with E-state index in [1.165, 1.54) is 0 Å². The molecular weight excluding hydrogens is 226 g/mol. The van der Waals surface area contributed by atoms with Crippen molar-refractivity contribution in [1.29, 1.82) is 0 Å². The molecule has 0 unspecified atom stereocenters. The van der Waals surface area contributed by atoms with Gasteiger partial charge in [-0.3, -0.25) is 4.98 Å². The molecule has 0 N–H and O–H groups in total. The number of rotatable bonds is 5. The summed E-state index contributed by atoms with van der Waals surface area (Å²) in [6.07, 6.45) is 4.49. The first-order valence-electron chi connectivity index (χ1n) is 5.21. The molecule has 4 nitrogen and oxygen atoms in total. The molecule has 0 amide bonds. The highest BCUT2D eigenvalue weighted by Gasteiger charge is 2.08. The quantitative estimate of drug-likeness (QED) is 0.593. The second kappa shape index (κ2) is 5.27. The van der Waals surface area contributed by atoms with E-state index in [1.807, 2.05) is 6.07 Å². The number of fused-ring (bicyclic) bond motifs is 1. The number of nitrogens with zero attached hydrogens (tertiary/aromatic N) is 3. The van der Waals surface area contributed by atoms with Gasteiger partial charge in [0.2, 0.25) is 0 Å². The molecule has 0 bridgehead atoms. The van der Waals surface area contributed by atoms with Gasteiger partial charge in [-0.15, -0.1) is 11.6 Å². The van der Waals surface area contributed by atoms with Crippen molar-refractivity contribution in [3.8, 4) is 0 Å². The van der Waals surface area contributed by atoms with Gasteiger partial charge >= 0.3 is 0 Å². The zero-order valence-electron chi connectivity index (χ0n) is 9.19. The number of methoxy groups -OCH3 is 1. The third-order valence-electron chi connectivity index (χ3n) is 2.48. The molecule has 0 spiro atoms. The summed E-state index contributed by atoms with van der Waals surface area (Å²) in [5.74, 6) is 1.31. The maximum Gasteiger partial charge on any atom is 0.124 e. The number of alkyl halides is 1. The average molecular weight is 240 g/mol. The summed E-state index contributed by atoms with van der Waals surface area (Å²) >= 11 is 5.88. The van der Waals surface area contributed by atoms with Crippen LogP contribution in [0.15, 0.2) is 18.5 Å². The van der Waals surface area contributed by atoms with E-state index in [0.717, 1.165) is 36.4 Å². The first-order chi connectivity index (χ1) is 7.86. The van der Waals surface area contributed by atoms with Gasteiger partial charge in [-0.05, 0) is 12.5 Å². The Morgan fingerprint density at radius 1 is 1.50 bits per heavy atom. The Bertz CT molecular complexity index is 469. The smallest absolute Gasteiger partial charge is 0.124 e. The largest absolute Gasteiger partial charge is 0.385 e. The van der Waals surface area contributed by atoms with Crippen LogP contribution in [0.1, 0.15) is 12.2 Å². The summed E-state index contributed by atoms with van der Waals surface area (Å²) in [5, 5.41) is 0. The predicted octanol–water partition coefficient (Wildman–Crippen LogP) is 2.21. The van der Waals surface area contributed by atoms with Crippen LogP contribution in [-0.4, -0.2) is 28.3 Å². The van der Waals surface area contributed by atoms with Crippen LogP contribution >= 0.6 is 11.6 Å². The van der Waals surface area contributed by atoms with Crippen molar-refractivity contribution in [3.05, 3.63) is 24.3 Å². The van der Waals surface area contributed by atoms with Crippen molar-refractivity contribution in [3.63, 3.8) is 0 Å². The topological polar surface area (TPSA) is 39.9 Å². The van der Waals surface area contributed by atoms with E-state index >= 15 is 0 Å². The summed E-state index contributed by atoms with van der Waals surface area (Å²) in [6, 6.07) is 1.96. The molecule has 2 rings (SSSR count). The zero-order valence-corrected chi connectivity index (χ0v) is 9.94. The lowest BCUT2D eigenvalue weighted by Gasteiger charge is -2.06. The number of pyridine rings is 1. The van der Waals surface area contributed by atoms with Crippen LogP contribution in [0.4, 0.5) is 0 Å². The number of aryl methyl sites for hydroxylation is 1. The summed E-state index contributed by atoms with van der Waals surface area (Å²) < 4.78 is 7.17. The molecule has 2 heterocycles. The minimum Gasteiger partial charge on any atom is -0.385 e. The van der Waals surface area contributed by atoms with Crippen LogP contribution < -0.4 is 0 Å². The molecule has 0 saturated carbocycles. The number of imidazole rings is 1. The normalized spacial score (nSPS) is 11.1. The molecule has 0 fully saturated rings. The Morgan fingerprint density at radius 2 is 2.38 bits per heavy atom. The van der Waals surface area contributed by atoms with Crippen LogP contribution in [0, 0.1) is 0 Å². The molecule has 2 aromatic heterocycles. The van der Waals surface area contributed by atoms with E-state index < -0.39 is 0 Å². The SMILES string of the molecule is COCCCn1c(CCl)nc2cnccc21. The first kappa shape index (κ1) is 11.4. The highest BCUT2D eigenvalue weighted by Crippen LogP contribution is 2.16. The second-order valence-corrected chi connectivity index (χ2v) is 3.79. The number of hydrogen-bond acceptors (Lipinski definition) is 3. The molecule has 0 radical (unpaired) electrons. The Kier molecular flexibility index (Phi) is 3.74. The molecular formula is C11H14ClN3O. The number of aromatic nitrogens is 3. The van der Waals surface area contributed by atoms with Crippen LogP contribution in [0.2, 0.25) is 0 Å². The molecule has 16 heavy (non-hydrogen) atoms. The fourth-order valence-electron chi connectivity index (χ4n) is 1.75. The minimum atomic E-state index is 0.418. The first-order valence-corrected chi connectivity index (χ1v) is 5.74. The minimum absolute atomic E-state index is 0.418. The van der Waals surface area contributed by atoms with Crippen molar-refractivity contribution in [1.82, 2.24) is 14.5 Å². The highest BCUT2D eigenvalue weighted by molar-refractivity contribution is 6.16. The van der Waals surface area contributed by atoms with E-state index in [9.17, 15) is 0 Å². The Morgan fingerprint density at radius 3 is 3.12 bits per heavy atom. The molecule has 5 heteroatoms. The van der Waals surface area contributed by atoms with Gasteiger partial charge in [0.25, 0.3) is 0 Å². The van der Waals surface area contributed by atoms with Gasteiger partial charge in [0.1, 0.15) is 11.3 Å². The van der Waals surface area contributed by atoms with Crippen LogP contribution in [0.5, 0.6) is 0 Å². The molecule has 0 aromatic carbocycles. The lowest BCUT2D eigenvalue weighted by atomic mass is 10.4. The van der Waals surface area contributed by atoms with Crippen LogP contribution in [0.25, 0.3) is 11.0 Å². The second-order valence-electron chi connectivity index (χ2n) is 3.52. The Labute approximate surface area is 99.2 Å². The van der Waals surface area contributed by atoms with Gasteiger partial charge < -0.3 is 9.30 Å². The number of ether oxygens (including phenoxy) is 1. The van der Waals surface area contributed by atoms with Gasteiger partial charge in [-0.25, -0.2) is 4.98 Å². The fourth-order valence-corrected chi connectivity index (χ4v) is 1.95. The molecule has 0 saturated heterocycles. The van der Waals surface area contributed by atoms with E-state index in [2.05, 4.69) is 14.5 Å². The van der Waals surface area contributed by atoms with Crippen molar-refractivity contribution in [2.75, 3.05) is 13.7 Å². The van der Waals surface area contributed by atoms with Crippen LogP contribution in [0.3, 0.4) is 0 Å². The van der Waals surface area contributed by atoms with Gasteiger partial charge in [-0.2, -0.15) is 0 Å². The van der Waals surface area contributed by atoms with Gasteiger partial charge in [0.15, 0.2) is 0 Å². The van der Waals surface area contributed by atoms with Gasteiger partial charge in [0.05, 0.1) is 17.6 Å². The Balaban J connectivity index is 2.32. The third kappa shape index (κ3) is 2.18. The number of halogens is 1. The summed E-state index contributed by atoms with van der Waals surface area (Å²) in [5.41, 5.74) is 1.98. The van der Waals surface area contributed by atoms with E-state index in [4.69, 9.17) is 16.3 Å². The van der Waals surface area contributed by atoms with E-state index in [-0.39, 0.29) is 0 Å². The lowest BCUT2D eigenvalue weighted by Crippen LogP contribution is -2.04. The van der Waals surface area contributed by atoms with Crippen LogP contribution in [-0.2, 0) is 17.2 Å². The standard InChI is InChI=1S/C11H14ClN3O/c1-16-6-2-5-15-10-3-4-13-8-9(10)14-11(15)7-12/h3-4,8H,2,5-7H2,1H3. The zero-order chi connectivity index (χ0) is 11.4. The Hall–Kier alpha value is -1.13. The summed E-state index contributed by atoms with van der Waals surface area (Å²) in [7, 11) is 1.71. The van der Waals surface area contributed by atoms with Crippen molar-refractivity contribution >= 4 is 22.6 Å². The van der Waals surface area contributed by atoms with Crippen molar-refractivity contribution < 1.29 is 4.74 Å². The molecule has 86 valence electrons. The van der Waals surface area contributed by atoms with Gasteiger partial charge in [-0.1, -0.05) is 0 Å². The fraction of sp³-hybridized carbons (Fsp3) is 0.455. The molecule has 0 aliphatic carbocycles. The average Bonchev–Trinajstić information content (AvgIpc) is 2.68. The van der Waals surface area contributed by atoms with Crippen molar-refractivity contribution in [2.24, 2.45) is 0 Å². The predicted molar refractivity (Wildman–Crippen MR) is 63.6 cm³/mol. The summed E-state index contributed by atoms with van der Waals surface area (Å²) in [4.78, 5) is 8.49. The lowest BCUT2D eigenvalue weighted by molar-refractivity contribution is 0.190. The maximum absolute atomic E-state index is 5.88. The van der Waals surface area contributed by atoms with Crippen molar-refractivity contribution in [2.45, 2.75) is 18.8 Å². The summed E-state index contributed by atoms with van der Waals surface area (Å²) in [6.45, 7) is 1.61. The molecule has 0 aliphatic heterocycles. The number of hydrogen-bond donors (Lipinski definition) is 0. The van der Waals surface area contributed by atoms with E-state index in [1.54, 1.807) is 19.5 Å².